The van der Waals surface area contributed by atoms with Crippen molar-refractivity contribution >= 4 is 26.8 Å². The zero-order chi connectivity index (χ0) is 27.0. The maximum absolute atomic E-state index is 13.5. The Bertz CT molecular complexity index is 1370. The lowest BCUT2D eigenvalue weighted by atomic mass is 9.94. The first-order valence-corrected chi connectivity index (χ1v) is 14.8. The van der Waals surface area contributed by atoms with Gasteiger partial charge in [0.2, 0.25) is 0 Å². The Labute approximate surface area is 220 Å². The third-order valence-corrected chi connectivity index (χ3v) is 9.05. The van der Waals surface area contributed by atoms with Crippen LogP contribution in [-0.4, -0.2) is 46.2 Å². The molecule has 0 atom stereocenters. The van der Waals surface area contributed by atoms with E-state index in [2.05, 4.69) is 44.3 Å². The summed E-state index contributed by atoms with van der Waals surface area (Å²) in [4.78, 5) is 17.9. The van der Waals surface area contributed by atoms with Gasteiger partial charge in [0, 0.05) is 31.6 Å². The molecule has 0 N–H and O–H groups in total. The molecule has 0 radical (unpaired) electrons. The van der Waals surface area contributed by atoms with Crippen LogP contribution in [0.15, 0.2) is 29.3 Å². The maximum atomic E-state index is 13.5. The van der Waals surface area contributed by atoms with E-state index in [1.54, 1.807) is 19.1 Å². The molecule has 1 aliphatic rings. The van der Waals surface area contributed by atoms with Crippen LogP contribution in [0.2, 0.25) is 0 Å². The molecule has 0 bridgehead atoms. The summed E-state index contributed by atoms with van der Waals surface area (Å²) in [6, 6.07) is 5.09. The first-order valence-electron chi connectivity index (χ1n) is 13.4. The number of Topliss-reactive ketones (excluding diaryl/α,β-unsaturated/α-hetero) is 1. The normalized spacial score (nSPS) is 15.6. The molecule has 0 amide bonds. The third-order valence-electron chi connectivity index (χ3n) is 7.52. The van der Waals surface area contributed by atoms with Gasteiger partial charge in [-0.25, -0.2) is 4.98 Å². The van der Waals surface area contributed by atoms with Gasteiger partial charge in [-0.15, -0.1) is 0 Å². The Hall–Kier alpha value is -2.52. The van der Waals surface area contributed by atoms with E-state index in [0.29, 0.717) is 29.1 Å². The molecule has 37 heavy (non-hydrogen) atoms. The molecule has 0 unspecified atom stereocenters. The Balaban J connectivity index is 1.69. The zero-order valence-corrected chi connectivity index (χ0v) is 23.8. The van der Waals surface area contributed by atoms with Gasteiger partial charge in [-0.1, -0.05) is 47.5 Å². The van der Waals surface area contributed by atoms with E-state index in [1.165, 1.54) is 6.20 Å². The second kappa shape index (κ2) is 10.7. The van der Waals surface area contributed by atoms with Crippen molar-refractivity contribution in [3.05, 3.63) is 41.5 Å². The summed E-state index contributed by atoms with van der Waals surface area (Å²) in [7, 11) is -3.98. The van der Waals surface area contributed by atoms with Crippen molar-refractivity contribution in [1.29, 1.82) is 0 Å². The summed E-state index contributed by atoms with van der Waals surface area (Å²) in [6.07, 6.45) is 5.59. The summed E-state index contributed by atoms with van der Waals surface area (Å²) in [5.41, 5.74) is 2.16. The minimum Gasteiger partial charge on any atom is -0.381 e. The van der Waals surface area contributed by atoms with Crippen molar-refractivity contribution < 1.29 is 17.9 Å². The number of hydrogen-bond donors (Lipinski definition) is 0. The van der Waals surface area contributed by atoms with Crippen molar-refractivity contribution in [3.63, 3.8) is 0 Å². The Morgan fingerprint density at radius 2 is 1.84 bits per heavy atom. The second-order valence-electron chi connectivity index (χ2n) is 11.3. The smallest absolute Gasteiger partial charge is 0.283 e. The molecule has 0 aliphatic carbocycles. The van der Waals surface area contributed by atoms with Crippen LogP contribution in [0.4, 0.5) is 0 Å². The van der Waals surface area contributed by atoms with Crippen LogP contribution in [0.25, 0.3) is 11.0 Å². The van der Waals surface area contributed by atoms with Gasteiger partial charge < -0.3 is 9.30 Å². The molecule has 1 saturated heterocycles. The molecule has 3 aromatic rings. The SMILES string of the molecule is CCC(CC)CC(=O)c1cn(S(=O)(=O)c2ccc3c(c2)nc(C(C)(C)C)n3CC2CCOCC2)nc1C. The van der Waals surface area contributed by atoms with Crippen molar-refractivity contribution in [1.82, 2.24) is 18.7 Å². The fourth-order valence-electron chi connectivity index (χ4n) is 5.10. The number of nitrogens with zero attached hydrogens (tertiary/aromatic N) is 4. The maximum Gasteiger partial charge on any atom is 0.283 e. The van der Waals surface area contributed by atoms with E-state index in [0.717, 1.165) is 60.9 Å². The Morgan fingerprint density at radius 1 is 1.16 bits per heavy atom. The van der Waals surface area contributed by atoms with Gasteiger partial charge in [-0.3, -0.25) is 4.79 Å². The highest BCUT2D eigenvalue weighted by Crippen LogP contribution is 2.31. The van der Waals surface area contributed by atoms with Crippen molar-refractivity contribution in [2.75, 3.05) is 13.2 Å². The summed E-state index contributed by atoms with van der Waals surface area (Å²) in [6.45, 7) is 14.6. The van der Waals surface area contributed by atoms with Crippen LogP contribution in [0.1, 0.15) is 88.6 Å². The number of fused-ring (bicyclic) bond motifs is 1. The standard InChI is InChI=1S/C28H40N4O4S/c1-7-20(8-2)15-26(33)23-18-32(30-19(23)3)37(34,35)22-9-10-25-24(16-22)29-27(28(4,5)6)31(25)17-21-11-13-36-14-12-21/h9-10,16,18,20-21H,7-8,11-15,17H2,1-6H3. The molecule has 202 valence electrons. The monoisotopic (exact) mass is 528 g/mol. The number of rotatable bonds is 9. The summed E-state index contributed by atoms with van der Waals surface area (Å²) < 4.78 is 35.8. The molecule has 0 saturated carbocycles. The highest BCUT2D eigenvalue weighted by molar-refractivity contribution is 7.89. The first-order chi connectivity index (χ1) is 17.5. The van der Waals surface area contributed by atoms with Gasteiger partial charge in [0.15, 0.2) is 5.78 Å². The largest absolute Gasteiger partial charge is 0.381 e. The number of aryl methyl sites for hydroxylation is 1. The predicted molar refractivity (Wildman–Crippen MR) is 145 cm³/mol. The summed E-state index contributed by atoms with van der Waals surface area (Å²) in [5.74, 6) is 1.65. The van der Waals surface area contributed by atoms with Crippen LogP contribution in [0.3, 0.4) is 0 Å². The number of ether oxygens (including phenoxy) is 1. The minimum absolute atomic E-state index is 0.0650. The second-order valence-corrected chi connectivity index (χ2v) is 13.1. The number of hydrogen-bond acceptors (Lipinski definition) is 6. The lowest BCUT2D eigenvalue weighted by Gasteiger charge is -2.26. The van der Waals surface area contributed by atoms with Gasteiger partial charge in [0.05, 0.1) is 33.4 Å². The quantitative estimate of drug-likeness (QED) is 0.340. The molecular weight excluding hydrogens is 488 g/mol. The molecule has 1 fully saturated rings. The average Bonchev–Trinajstić information content (AvgIpc) is 3.44. The fraction of sp³-hybridized carbons (Fsp3) is 0.607. The highest BCUT2D eigenvalue weighted by atomic mass is 32.2. The van der Waals surface area contributed by atoms with Crippen LogP contribution in [0, 0.1) is 18.8 Å². The van der Waals surface area contributed by atoms with Crippen molar-refractivity contribution in [3.8, 4) is 0 Å². The lowest BCUT2D eigenvalue weighted by molar-refractivity contribution is 0.0611. The van der Waals surface area contributed by atoms with Crippen LogP contribution in [0.5, 0.6) is 0 Å². The van der Waals surface area contributed by atoms with E-state index >= 15 is 0 Å². The molecule has 1 aliphatic heterocycles. The molecule has 8 nitrogen and oxygen atoms in total. The minimum atomic E-state index is -3.98. The third kappa shape index (κ3) is 5.67. The Kier molecular flexibility index (Phi) is 7.95. The van der Waals surface area contributed by atoms with E-state index in [-0.39, 0.29) is 22.0 Å². The highest BCUT2D eigenvalue weighted by Gasteiger charge is 2.28. The van der Waals surface area contributed by atoms with Crippen LogP contribution >= 0.6 is 0 Å². The molecule has 3 heterocycles. The predicted octanol–water partition coefficient (Wildman–Crippen LogP) is 5.51. The fourth-order valence-corrected chi connectivity index (χ4v) is 6.29. The number of ketones is 1. The molecule has 4 rings (SSSR count). The topological polar surface area (TPSA) is 96.1 Å². The van der Waals surface area contributed by atoms with Gasteiger partial charge >= 0.3 is 0 Å². The number of carbonyl (C=O) groups is 1. The van der Waals surface area contributed by atoms with Gasteiger partial charge in [0.25, 0.3) is 10.0 Å². The number of carbonyl (C=O) groups excluding carboxylic acids is 1. The zero-order valence-electron chi connectivity index (χ0n) is 23.0. The Morgan fingerprint density at radius 3 is 2.46 bits per heavy atom. The van der Waals surface area contributed by atoms with Gasteiger partial charge in [-0.2, -0.15) is 17.6 Å². The van der Waals surface area contributed by atoms with Crippen molar-refractivity contribution in [2.45, 2.75) is 90.5 Å². The summed E-state index contributed by atoms with van der Waals surface area (Å²) in [5, 5.41) is 4.23. The molecule has 9 heteroatoms. The molecule has 0 spiro atoms. The van der Waals surface area contributed by atoms with E-state index in [4.69, 9.17) is 9.72 Å². The van der Waals surface area contributed by atoms with E-state index in [1.807, 2.05) is 6.07 Å². The van der Waals surface area contributed by atoms with Gasteiger partial charge in [-0.05, 0) is 49.8 Å². The van der Waals surface area contributed by atoms with Gasteiger partial charge in [0.1, 0.15) is 5.82 Å². The lowest BCUT2D eigenvalue weighted by Crippen LogP contribution is -2.25. The number of benzene rings is 1. The number of imidazole rings is 1. The number of aromatic nitrogens is 4. The average molecular weight is 529 g/mol. The van der Waals surface area contributed by atoms with Crippen molar-refractivity contribution in [2.24, 2.45) is 11.8 Å². The van der Waals surface area contributed by atoms with E-state index in [9.17, 15) is 13.2 Å². The molecule has 2 aromatic heterocycles. The van der Waals surface area contributed by atoms with Crippen LogP contribution < -0.4 is 0 Å². The first kappa shape index (κ1) is 27.5. The van der Waals surface area contributed by atoms with E-state index < -0.39 is 10.0 Å². The molecular formula is C28H40N4O4S. The summed E-state index contributed by atoms with van der Waals surface area (Å²) >= 11 is 0. The molecule has 1 aromatic carbocycles. The van der Waals surface area contributed by atoms with Crippen LogP contribution in [-0.2, 0) is 26.7 Å².